The fourth-order valence-corrected chi connectivity index (χ4v) is 1.38. The smallest absolute Gasteiger partial charge is 0.136 e. The lowest BCUT2D eigenvalue weighted by Crippen LogP contribution is -1.98. The SMILES string of the molecule is Nc1ccc(C2(F)CC2)cc1Cl. The van der Waals surface area contributed by atoms with Crippen molar-refractivity contribution in [2.75, 3.05) is 5.73 Å². The third-order valence-corrected chi connectivity index (χ3v) is 2.53. The van der Waals surface area contributed by atoms with E-state index in [0.717, 1.165) is 0 Å². The summed E-state index contributed by atoms with van der Waals surface area (Å²) >= 11 is 5.76. The number of alkyl halides is 1. The summed E-state index contributed by atoms with van der Waals surface area (Å²) in [6, 6.07) is 4.97. The highest BCUT2D eigenvalue weighted by atomic mass is 35.5. The van der Waals surface area contributed by atoms with E-state index in [1.807, 2.05) is 0 Å². The third kappa shape index (κ3) is 1.16. The van der Waals surface area contributed by atoms with Gasteiger partial charge in [-0.25, -0.2) is 4.39 Å². The molecule has 0 heterocycles. The van der Waals surface area contributed by atoms with Crippen LogP contribution in [-0.2, 0) is 5.67 Å². The van der Waals surface area contributed by atoms with Gasteiger partial charge in [-0.3, -0.25) is 0 Å². The molecule has 1 saturated carbocycles. The van der Waals surface area contributed by atoms with Crippen molar-refractivity contribution >= 4 is 17.3 Å². The van der Waals surface area contributed by atoms with Crippen LogP contribution in [0.2, 0.25) is 5.02 Å². The predicted molar refractivity (Wildman–Crippen MR) is 47.9 cm³/mol. The van der Waals surface area contributed by atoms with Crippen molar-refractivity contribution in [2.45, 2.75) is 18.5 Å². The Morgan fingerprint density at radius 1 is 1.42 bits per heavy atom. The van der Waals surface area contributed by atoms with Crippen LogP contribution in [0.15, 0.2) is 18.2 Å². The predicted octanol–water partition coefficient (Wildman–Crippen LogP) is 2.88. The van der Waals surface area contributed by atoms with Crippen LogP contribution < -0.4 is 5.73 Å². The zero-order valence-electron chi connectivity index (χ0n) is 6.48. The fourth-order valence-electron chi connectivity index (χ4n) is 1.20. The lowest BCUT2D eigenvalue weighted by Gasteiger charge is -2.06. The van der Waals surface area contributed by atoms with E-state index in [9.17, 15) is 4.39 Å². The van der Waals surface area contributed by atoms with Crippen molar-refractivity contribution in [1.29, 1.82) is 0 Å². The maximum absolute atomic E-state index is 13.4. The van der Waals surface area contributed by atoms with Gasteiger partial charge in [0.25, 0.3) is 0 Å². The molecule has 2 N–H and O–H groups in total. The summed E-state index contributed by atoms with van der Waals surface area (Å²) in [6.07, 6.45) is 1.21. The minimum absolute atomic E-state index is 0.441. The molecule has 1 aromatic rings. The van der Waals surface area contributed by atoms with Crippen LogP contribution in [0.5, 0.6) is 0 Å². The molecule has 12 heavy (non-hydrogen) atoms. The summed E-state index contributed by atoms with van der Waals surface area (Å²) in [7, 11) is 0. The van der Waals surface area contributed by atoms with Gasteiger partial charge in [-0.2, -0.15) is 0 Å². The van der Waals surface area contributed by atoms with Crippen molar-refractivity contribution in [3.8, 4) is 0 Å². The van der Waals surface area contributed by atoms with Gasteiger partial charge in [0.15, 0.2) is 0 Å². The molecule has 1 nitrogen and oxygen atoms in total. The van der Waals surface area contributed by atoms with Gasteiger partial charge in [-0.15, -0.1) is 0 Å². The first kappa shape index (κ1) is 7.87. The normalized spacial score (nSPS) is 19.2. The number of benzene rings is 1. The molecule has 64 valence electrons. The Bertz CT molecular complexity index is 320. The number of nitrogens with two attached hydrogens (primary N) is 1. The molecule has 0 unspecified atom stereocenters. The van der Waals surface area contributed by atoms with Gasteiger partial charge in [0, 0.05) is 0 Å². The number of rotatable bonds is 1. The third-order valence-electron chi connectivity index (χ3n) is 2.21. The van der Waals surface area contributed by atoms with E-state index >= 15 is 0 Å². The number of anilines is 1. The molecule has 0 aromatic heterocycles. The van der Waals surface area contributed by atoms with Crippen LogP contribution in [0, 0.1) is 0 Å². The molecule has 0 aliphatic heterocycles. The van der Waals surface area contributed by atoms with E-state index in [0.29, 0.717) is 29.1 Å². The molecule has 3 heteroatoms. The summed E-state index contributed by atoms with van der Waals surface area (Å²) in [5.74, 6) is 0. The molecule has 1 aromatic carbocycles. The zero-order valence-corrected chi connectivity index (χ0v) is 7.24. The number of nitrogen functional groups attached to an aromatic ring is 1. The molecule has 0 atom stereocenters. The van der Waals surface area contributed by atoms with Gasteiger partial charge in [0.1, 0.15) is 5.67 Å². The highest BCUT2D eigenvalue weighted by Gasteiger charge is 2.44. The van der Waals surface area contributed by atoms with Crippen molar-refractivity contribution in [3.63, 3.8) is 0 Å². The number of hydrogen-bond donors (Lipinski definition) is 1. The molecule has 0 bridgehead atoms. The van der Waals surface area contributed by atoms with Crippen LogP contribution in [0.4, 0.5) is 10.1 Å². The lowest BCUT2D eigenvalue weighted by molar-refractivity contribution is 0.317. The summed E-state index contributed by atoms with van der Waals surface area (Å²) in [5, 5.41) is 0.441. The summed E-state index contributed by atoms with van der Waals surface area (Å²) in [4.78, 5) is 0. The van der Waals surface area contributed by atoms with E-state index in [4.69, 9.17) is 17.3 Å². The Kier molecular flexibility index (Phi) is 1.55. The highest BCUT2D eigenvalue weighted by Crippen LogP contribution is 2.50. The van der Waals surface area contributed by atoms with Crippen molar-refractivity contribution in [1.82, 2.24) is 0 Å². The summed E-state index contributed by atoms with van der Waals surface area (Å²) in [6.45, 7) is 0. The molecule has 0 spiro atoms. The standard InChI is InChI=1S/C9H9ClFN/c10-7-5-6(1-2-8(7)12)9(11)3-4-9/h1-2,5H,3-4,12H2. The second-order valence-electron chi connectivity index (χ2n) is 3.20. The maximum atomic E-state index is 13.4. The van der Waals surface area contributed by atoms with Crippen LogP contribution in [-0.4, -0.2) is 0 Å². The first-order chi connectivity index (χ1) is 5.62. The van der Waals surface area contributed by atoms with E-state index < -0.39 is 5.67 Å². The van der Waals surface area contributed by atoms with Gasteiger partial charge in [0.05, 0.1) is 10.7 Å². The van der Waals surface area contributed by atoms with Crippen LogP contribution >= 0.6 is 11.6 Å². The fraction of sp³-hybridized carbons (Fsp3) is 0.333. The molecule has 1 fully saturated rings. The molecular formula is C9H9ClFN. The molecule has 0 radical (unpaired) electrons. The minimum Gasteiger partial charge on any atom is -0.398 e. The molecular weight excluding hydrogens is 177 g/mol. The van der Waals surface area contributed by atoms with Crippen molar-refractivity contribution in [3.05, 3.63) is 28.8 Å². The Morgan fingerprint density at radius 3 is 2.58 bits per heavy atom. The van der Waals surface area contributed by atoms with Gasteiger partial charge < -0.3 is 5.73 Å². The van der Waals surface area contributed by atoms with E-state index in [2.05, 4.69) is 0 Å². The van der Waals surface area contributed by atoms with Gasteiger partial charge in [0.2, 0.25) is 0 Å². The van der Waals surface area contributed by atoms with E-state index in [-0.39, 0.29) is 0 Å². The molecule has 2 rings (SSSR count). The van der Waals surface area contributed by atoms with Crippen LogP contribution in [0.1, 0.15) is 18.4 Å². The van der Waals surface area contributed by atoms with Crippen molar-refractivity contribution in [2.24, 2.45) is 0 Å². The second-order valence-corrected chi connectivity index (χ2v) is 3.61. The molecule has 1 aliphatic carbocycles. The van der Waals surface area contributed by atoms with Gasteiger partial charge >= 0.3 is 0 Å². The molecule has 0 saturated heterocycles. The number of halogens is 2. The second kappa shape index (κ2) is 2.36. The monoisotopic (exact) mass is 185 g/mol. The van der Waals surface area contributed by atoms with E-state index in [1.54, 1.807) is 18.2 Å². The quantitative estimate of drug-likeness (QED) is 0.669. The topological polar surface area (TPSA) is 26.0 Å². The first-order valence-electron chi connectivity index (χ1n) is 3.86. The Hall–Kier alpha value is -0.760. The molecule has 1 aliphatic rings. The Morgan fingerprint density at radius 2 is 2.08 bits per heavy atom. The van der Waals surface area contributed by atoms with Gasteiger partial charge in [-0.1, -0.05) is 17.7 Å². The highest BCUT2D eigenvalue weighted by molar-refractivity contribution is 6.33. The number of hydrogen-bond acceptors (Lipinski definition) is 1. The first-order valence-corrected chi connectivity index (χ1v) is 4.24. The Labute approximate surface area is 75.3 Å². The Balaban J connectivity index is 2.41. The minimum atomic E-state index is -1.11. The van der Waals surface area contributed by atoms with Crippen LogP contribution in [0.25, 0.3) is 0 Å². The van der Waals surface area contributed by atoms with Gasteiger partial charge in [-0.05, 0) is 30.5 Å². The van der Waals surface area contributed by atoms with Crippen molar-refractivity contribution < 1.29 is 4.39 Å². The molecule has 0 amide bonds. The van der Waals surface area contributed by atoms with E-state index in [1.165, 1.54) is 0 Å². The summed E-state index contributed by atoms with van der Waals surface area (Å²) in [5.41, 5.74) is 5.54. The average molecular weight is 186 g/mol. The summed E-state index contributed by atoms with van der Waals surface area (Å²) < 4.78 is 13.4. The van der Waals surface area contributed by atoms with Crippen LogP contribution in [0.3, 0.4) is 0 Å². The lowest BCUT2D eigenvalue weighted by atomic mass is 10.1. The average Bonchev–Trinajstić information content (AvgIpc) is 2.75. The zero-order chi connectivity index (χ0) is 8.77. The largest absolute Gasteiger partial charge is 0.398 e. The maximum Gasteiger partial charge on any atom is 0.136 e.